The average Bonchev–Trinajstić information content (AvgIpc) is 3.52. The Balaban J connectivity index is 1.62. The van der Waals surface area contributed by atoms with Crippen molar-refractivity contribution >= 4 is 34.4 Å². The average molecular weight is 534 g/mol. The molecule has 0 saturated heterocycles. The quantitative estimate of drug-likeness (QED) is 0.234. The number of halogens is 1. The van der Waals surface area contributed by atoms with Gasteiger partial charge >= 0.3 is 0 Å². The second kappa shape index (κ2) is 10.5. The first-order chi connectivity index (χ1) is 18.4. The lowest BCUT2D eigenvalue weighted by molar-refractivity contribution is 0.0917. The van der Waals surface area contributed by atoms with Crippen LogP contribution in [0.15, 0.2) is 59.4 Å². The molecule has 3 heterocycles. The van der Waals surface area contributed by atoms with E-state index in [0.29, 0.717) is 46.1 Å². The highest BCUT2D eigenvalue weighted by Crippen LogP contribution is 2.36. The number of para-hydroxylation sites is 1. The third-order valence-electron chi connectivity index (χ3n) is 6.17. The molecule has 0 bridgehead atoms. The van der Waals surface area contributed by atoms with Gasteiger partial charge in [0.25, 0.3) is 5.91 Å². The minimum absolute atomic E-state index is 0.0111. The number of carbonyl (C=O) groups is 1. The number of hydrogen-bond acceptors (Lipinski definition) is 9. The van der Waals surface area contributed by atoms with Gasteiger partial charge < -0.3 is 25.8 Å². The van der Waals surface area contributed by atoms with Crippen molar-refractivity contribution in [3.8, 4) is 28.5 Å². The molecular weight excluding hydrogens is 510 g/mol. The van der Waals surface area contributed by atoms with E-state index >= 15 is 0 Å². The second-order valence-corrected chi connectivity index (χ2v) is 9.03. The van der Waals surface area contributed by atoms with E-state index in [2.05, 4.69) is 20.6 Å². The van der Waals surface area contributed by atoms with Crippen molar-refractivity contribution in [2.75, 3.05) is 12.3 Å². The van der Waals surface area contributed by atoms with E-state index in [1.807, 2.05) is 19.1 Å². The van der Waals surface area contributed by atoms with Gasteiger partial charge in [0.05, 0.1) is 23.7 Å². The first kappa shape index (κ1) is 25.2. The smallest absolute Gasteiger partial charge is 0.255 e. The molecule has 12 heteroatoms. The lowest BCUT2D eigenvalue weighted by Crippen LogP contribution is -2.39. The second-order valence-electron chi connectivity index (χ2n) is 8.60. The lowest BCUT2D eigenvalue weighted by Gasteiger charge is -2.18. The number of nitrogens with zero attached hydrogens (tertiary/aromatic N) is 5. The summed E-state index contributed by atoms with van der Waals surface area (Å²) >= 11 is 5.97. The number of aromatic hydroxyl groups is 1. The van der Waals surface area contributed by atoms with E-state index in [1.165, 1.54) is 6.20 Å². The molecule has 38 heavy (non-hydrogen) atoms. The molecule has 0 fully saturated rings. The van der Waals surface area contributed by atoms with Crippen LogP contribution in [0, 0.1) is 0 Å². The Bertz CT molecular complexity index is 1610. The summed E-state index contributed by atoms with van der Waals surface area (Å²) in [5, 5.41) is 31.6. The molecule has 3 aromatic heterocycles. The number of benzene rings is 2. The number of hydrogen-bond donors (Lipinski definition) is 4. The monoisotopic (exact) mass is 533 g/mol. The lowest BCUT2D eigenvalue weighted by atomic mass is 10.0. The fraction of sp³-hybridized carbons (Fsp3) is 0.192. The molecule has 0 radical (unpaired) electrons. The Labute approximate surface area is 221 Å². The van der Waals surface area contributed by atoms with Crippen molar-refractivity contribution in [2.45, 2.75) is 25.9 Å². The standard InChI is InChI=1S/C26H24ClN7O4/c1-2-34-23-18(26(37)30-16(13-35)11-14-7-9-15(27)10-8-14)12-29-20(17-5-3-4-6-19(17)36)21(23)31-25(34)22-24(28)33-38-32-22/h3-10,12,16,35-36H,2,11,13H2,1H3,(H2,28,33)(H,30,37). The topological polar surface area (TPSA) is 165 Å². The normalized spacial score (nSPS) is 12.1. The minimum Gasteiger partial charge on any atom is -0.507 e. The number of aliphatic hydroxyl groups excluding tert-OH is 1. The largest absolute Gasteiger partial charge is 0.507 e. The van der Waals surface area contributed by atoms with Crippen molar-refractivity contribution in [3.05, 3.63) is 70.9 Å². The summed E-state index contributed by atoms with van der Waals surface area (Å²) in [6.45, 7) is 2.00. The Morgan fingerprint density at radius 1 is 1.16 bits per heavy atom. The number of fused-ring (bicyclic) bond motifs is 1. The van der Waals surface area contributed by atoms with Crippen LogP contribution in [0.4, 0.5) is 5.82 Å². The van der Waals surface area contributed by atoms with E-state index in [-0.39, 0.29) is 29.4 Å². The molecule has 2 aromatic carbocycles. The van der Waals surface area contributed by atoms with Crippen LogP contribution in [0.25, 0.3) is 33.8 Å². The summed E-state index contributed by atoms with van der Waals surface area (Å²) in [5.41, 5.74) is 8.94. The fourth-order valence-electron chi connectivity index (χ4n) is 4.35. The third kappa shape index (κ3) is 4.64. The maximum atomic E-state index is 13.6. The molecule has 1 atom stereocenters. The highest BCUT2D eigenvalue weighted by molar-refractivity contribution is 6.30. The van der Waals surface area contributed by atoms with Crippen molar-refractivity contribution < 1.29 is 19.6 Å². The summed E-state index contributed by atoms with van der Waals surface area (Å²) in [5.74, 6) is -0.0648. The van der Waals surface area contributed by atoms with Crippen LogP contribution in [0.2, 0.25) is 5.02 Å². The Kier molecular flexibility index (Phi) is 6.95. The zero-order chi connectivity index (χ0) is 26.8. The number of nitrogen functional groups attached to an aromatic ring is 1. The first-order valence-electron chi connectivity index (χ1n) is 11.8. The summed E-state index contributed by atoms with van der Waals surface area (Å²) in [6.07, 6.45) is 1.82. The van der Waals surface area contributed by atoms with E-state index in [1.54, 1.807) is 41.0 Å². The molecule has 0 spiro atoms. The summed E-state index contributed by atoms with van der Waals surface area (Å²) < 4.78 is 6.55. The van der Waals surface area contributed by atoms with Gasteiger partial charge in [-0.15, -0.1) is 0 Å². The van der Waals surface area contributed by atoms with Gasteiger partial charge in [-0.1, -0.05) is 35.9 Å². The number of phenolic OH excluding ortho intramolecular Hbond substituents is 1. The Morgan fingerprint density at radius 3 is 2.58 bits per heavy atom. The zero-order valence-corrected chi connectivity index (χ0v) is 21.1. The molecule has 5 aromatic rings. The predicted molar refractivity (Wildman–Crippen MR) is 142 cm³/mol. The van der Waals surface area contributed by atoms with Crippen molar-refractivity contribution in [1.82, 2.24) is 30.2 Å². The number of rotatable bonds is 8. The van der Waals surface area contributed by atoms with Gasteiger partial charge in [-0.2, -0.15) is 0 Å². The fourth-order valence-corrected chi connectivity index (χ4v) is 4.47. The van der Waals surface area contributed by atoms with E-state index in [4.69, 9.17) is 26.9 Å². The van der Waals surface area contributed by atoms with Gasteiger partial charge in [-0.25, -0.2) is 9.61 Å². The first-order valence-corrected chi connectivity index (χ1v) is 12.2. The highest BCUT2D eigenvalue weighted by atomic mass is 35.5. The molecule has 0 aliphatic heterocycles. The maximum absolute atomic E-state index is 13.6. The van der Waals surface area contributed by atoms with Crippen LogP contribution < -0.4 is 11.1 Å². The van der Waals surface area contributed by atoms with Gasteiger partial charge in [-0.05, 0) is 53.5 Å². The number of imidazole rings is 1. The molecule has 0 aliphatic rings. The summed E-state index contributed by atoms with van der Waals surface area (Å²) in [7, 11) is 0. The van der Waals surface area contributed by atoms with E-state index < -0.39 is 11.9 Å². The Morgan fingerprint density at radius 2 is 1.92 bits per heavy atom. The molecule has 11 nitrogen and oxygen atoms in total. The number of amides is 1. The highest BCUT2D eigenvalue weighted by Gasteiger charge is 2.27. The number of anilines is 1. The SMILES string of the molecule is CCn1c(-c2nonc2N)nc2c(-c3ccccc3O)ncc(C(=O)NC(CO)Cc3ccc(Cl)cc3)c21. The molecule has 194 valence electrons. The number of carbonyl (C=O) groups excluding carboxylic acids is 1. The van der Waals surface area contributed by atoms with Crippen LogP contribution in [0.3, 0.4) is 0 Å². The maximum Gasteiger partial charge on any atom is 0.255 e. The number of aryl methyl sites for hydroxylation is 1. The molecule has 5 N–H and O–H groups in total. The number of phenols is 1. The molecule has 1 amide bonds. The van der Waals surface area contributed by atoms with Gasteiger partial charge in [0.1, 0.15) is 17.0 Å². The molecule has 5 rings (SSSR count). The van der Waals surface area contributed by atoms with E-state index in [9.17, 15) is 15.0 Å². The Hall–Kier alpha value is -4.48. The summed E-state index contributed by atoms with van der Waals surface area (Å²) in [4.78, 5) is 22.8. The number of nitrogens with two attached hydrogens (primary N) is 1. The number of aliphatic hydroxyl groups is 1. The van der Waals surface area contributed by atoms with Crippen LogP contribution >= 0.6 is 11.6 Å². The third-order valence-corrected chi connectivity index (χ3v) is 6.42. The molecular formula is C26H24ClN7O4. The van der Waals surface area contributed by atoms with Gasteiger partial charge in [0.15, 0.2) is 17.3 Å². The van der Waals surface area contributed by atoms with Crippen LogP contribution in [0.5, 0.6) is 5.75 Å². The number of aromatic nitrogens is 5. The van der Waals surface area contributed by atoms with Crippen molar-refractivity contribution in [3.63, 3.8) is 0 Å². The van der Waals surface area contributed by atoms with Gasteiger partial charge in [0.2, 0.25) is 0 Å². The molecule has 0 aliphatic carbocycles. The summed E-state index contributed by atoms with van der Waals surface area (Å²) in [6, 6.07) is 13.3. The van der Waals surface area contributed by atoms with Crippen molar-refractivity contribution in [2.24, 2.45) is 0 Å². The zero-order valence-electron chi connectivity index (χ0n) is 20.3. The number of pyridine rings is 1. The minimum atomic E-state index is -0.565. The van der Waals surface area contributed by atoms with Gasteiger partial charge in [0, 0.05) is 23.3 Å². The van der Waals surface area contributed by atoms with Gasteiger partial charge in [-0.3, -0.25) is 9.78 Å². The van der Waals surface area contributed by atoms with Crippen molar-refractivity contribution in [1.29, 1.82) is 0 Å². The van der Waals surface area contributed by atoms with Crippen LogP contribution in [-0.4, -0.2) is 53.6 Å². The van der Waals surface area contributed by atoms with E-state index in [0.717, 1.165) is 5.56 Å². The predicted octanol–water partition coefficient (Wildman–Crippen LogP) is 3.44. The van der Waals surface area contributed by atoms with Crippen LogP contribution in [0.1, 0.15) is 22.8 Å². The van der Waals surface area contributed by atoms with Crippen LogP contribution in [-0.2, 0) is 13.0 Å². The number of nitrogens with one attached hydrogen (secondary N) is 1. The molecule has 1 unspecified atom stereocenters. The molecule has 0 saturated carbocycles.